The standard InChI is InChI=1S/C14H20O10/c1-7(16)21-6-11(20)13(23-9(3)18)14(24-10(4)19)12(5-15)22-8(2)17/h5,11-14,20H,6H2,1-4H3/t11-,12-,13-,14-/m1/s1/i1D,2D,3D,4D. The molecule has 0 amide bonds. The molecule has 0 aliphatic heterocycles. The van der Waals surface area contributed by atoms with Crippen molar-refractivity contribution in [1.29, 1.82) is 0 Å². The van der Waals surface area contributed by atoms with Gasteiger partial charge in [0.05, 0.1) is 0 Å². The predicted molar refractivity (Wildman–Crippen MR) is 75.4 cm³/mol. The number of rotatable bonds is 9. The third kappa shape index (κ3) is 8.22. The number of hydrogen-bond acceptors (Lipinski definition) is 10. The Bertz CT molecular complexity index is 558. The number of carbonyl (C=O) groups excluding carboxylic acids is 5. The number of aldehydes is 1. The monoisotopic (exact) mass is 352 g/mol. The van der Waals surface area contributed by atoms with E-state index in [2.05, 4.69) is 9.47 Å². The highest BCUT2D eigenvalue weighted by molar-refractivity contribution is 5.72. The van der Waals surface area contributed by atoms with Crippen molar-refractivity contribution in [1.82, 2.24) is 0 Å². The van der Waals surface area contributed by atoms with Gasteiger partial charge in [0.25, 0.3) is 0 Å². The van der Waals surface area contributed by atoms with Gasteiger partial charge in [-0.1, -0.05) is 0 Å². The molecule has 0 aromatic carbocycles. The van der Waals surface area contributed by atoms with E-state index >= 15 is 0 Å². The van der Waals surface area contributed by atoms with Crippen LogP contribution in [0.25, 0.3) is 0 Å². The van der Waals surface area contributed by atoms with Gasteiger partial charge in [0.2, 0.25) is 0 Å². The number of aliphatic hydroxyl groups is 1. The van der Waals surface area contributed by atoms with Crippen LogP contribution in [0.4, 0.5) is 0 Å². The molecule has 0 bridgehead atoms. The molecule has 0 aromatic rings. The summed E-state index contributed by atoms with van der Waals surface area (Å²) in [6, 6.07) is 0. The van der Waals surface area contributed by atoms with Crippen molar-refractivity contribution in [3.05, 3.63) is 0 Å². The van der Waals surface area contributed by atoms with Crippen LogP contribution in [0.15, 0.2) is 0 Å². The first-order valence-electron chi connectivity index (χ1n) is 9.11. The molecule has 0 aliphatic carbocycles. The lowest BCUT2D eigenvalue weighted by Gasteiger charge is -2.31. The topological polar surface area (TPSA) is 143 Å². The highest BCUT2D eigenvalue weighted by atomic mass is 16.6. The minimum absolute atomic E-state index is 0.0144. The second-order valence-electron chi connectivity index (χ2n) is 4.25. The lowest BCUT2D eigenvalue weighted by atomic mass is 10.0. The third-order valence-electron chi connectivity index (χ3n) is 2.38. The van der Waals surface area contributed by atoms with Crippen molar-refractivity contribution < 1.29 is 53.5 Å². The summed E-state index contributed by atoms with van der Waals surface area (Å²) in [6.07, 6.45) is -7.74. The molecule has 4 atom stereocenters. The van der Waals surface area contributed by atoms with Crippen molar-refractivity contribution in [3.63, 3.8) is 0 Å². The largest absolute Gasteiger partial charge is 0.463 e. The second-order valence-corrected chi connectivity index (χ2v) is 4.25. The molecule has 0 fully saturated rings. The van der Waals surface area contributed by atoms with Crippen LogP contribution in [0.1, 0.15) is 33.1 Å². The molecule has 0 aromatic heterocycles. The number of esters is 4. The van der Waals surface area contributed by atoms with E-state index in [1.54, 1.807) is 0 Å². The van der Waals surface area contributed by atoms with Crippen LogP contribution < -0.4 is 0 Å². The Labute approximate surface area is 143 Å². The summed E-state index contributed by atoms with van der Waals surface area (Å²) in [7, 11) is 0. The Morgan fingerprint density at radius 2 is 1.42 bits per heavy atom. The van der Waals surface area contributed by atoms with E-state index in [4.69, 9.17) is 15.0 Å². The average Bonchev–Trinajstić information content (AvgIpc) is 2.71. The maximum Gasteiger partial charge on any atom is 0.303 e. The number of carbonyl (C=O) groups is 5. The van der Waals surface area contributed by atoms with Crippen molar-refractivity contribution in [2.75, 3.05) is 6.61 Å². The van der Waals surface area contributed by atoms with E-state index in [1.165, 1.54) is 0 Å². The Kier molecular flexibility index (Phi) is 6.47. The van der Waals surface area contributed by atoms with Gasteiger partial charge in [0.1, 0.15) is 12.7 Å². The fraction of sp³-hybridized carbons (Fsp3) is 0.643. The first-order valence-corrected chi connectivity index (χ1v) is 6.28. The summed E-state index contributed by atoms with van der Waals surface area (Å²) in [4.78, 5) is 56.7. The van der Waals surface area contributed by atoms with Gasteiger partial charge in [-0.3, -0.25) is 24.0 Å². The smallest absolute Gasteiger partial charge is 0.303 e. The summed E-state index contributed by atoms with van der Waals surface area (Å²) in [5.41, 5.74) is 0. The number of aliphatic hydroxyl groups excluding tert-OH is 1. The van der Waals surface area contributed by atoms with Gasteiger partial charge in [-0.2, -0.15) is 0 Å². The molecule has 10 nitrogen and oxygen atoms in total. The maximum absolute atomic E-state index is 11.5. The van der Waals surface area contributed by atoms with Crippen molar-refractivity contribution in [2.24, 2.45) is 0 Å². The van der Waals surface area contributed by atoms with Crippen LogP contribution in [0.5, 0.6) is 0 Å². The van der Waals surface area contributed by atoms with Gasteiger partial charge >= 0.3 is 23.9 Å². The second kappa shape index (κ2) is 10.3. The van der Waals surface area contributed by atoms with Crippen LogP contribution >= 0.6 is 0 Å². The Hall–Kier alpha value is -2.49. The van der Waals surface area contributed by atoms with E-state index in [9.17, 15) is 29.1 Å². The normalized spacial score (nSPS) is 17.4. The Morgan fingerprint density at radius 3 is 1.92 bits per heavy atom. The molecule has 136 valence electrons. The van der Waals surface area contributed by atoms with E-state index in [0.29, 0.717) is 0 Å². The summed E-state index contributed by atoms with van der Waals surface area (Å²) in [5, 5.41) is 10.2. The third-order valence-corrected chi connectivity index (χ3v) is 2.38. The molecule has 0 saturated carbocycles. The molecule has 0 rings (SSSR count). The number of hydrogen-bond donors (Lipinski definition) is 1. The van der Waals surface area contributed by atoms with Crippen LogP contribution in [-0.2, 0) is 42.9 Å². The molecule has 0 heterocycles. The van der Waals surface area contributed by atoms with Gasteiger partial charge in [0.15, 0.2) is 24.6 Å². The van der Waals surface area contributed by atoms with Crippen molar-refractivity contribution >= 4 is 30.2 Å². The fourth-order valence-electron chi connectivity index (χ4n) is 1.59. The van der Waals surface area contributed by atoms with Gasteiger partial charge in [-0.05, 0) is 0 Å². The Morgan fingerprint density at radius 1 is 0.917 bits per heavy atom. The van der Waals surface area contributed by atoms with Gasteiger partial charge in [0, 0.05) is 33.1 Å². The van der Waals surface area contributed by atoms with Gasteiger partial charge in [-0.25, -0.2) is 0 Å². The van der Waals surface area contributed by atoms with Crippen LogP contribution in [0, 0.1) is 0 Å². The zero-order chi connectivity index (χ0) is 21.7. The summed E-state index contributed by atoms with van der Waals surface area (Å²) in [5.74, 6) is -4.71. The van der Waals surface area contributed by atoms with Crippen molar-refractivity contribution in [2.45, 2.75) is 52.0 Å². The molecular weight excluding hydrogens is 328 g/mol. The number of ether oxygens (including phenoxy) is 4. The molecular formula is C14H20O10. The molecule has 0 aliphatic rings. The molecule has 0 spiro atoms. The van der Waals surface area contributed by atoms with Crippen LogP contribution in [-0.4, -0.2) is 66.3 Å². The molecule has 0 unspecified atom stereocenters. The lowest BCUT2D eigenvalue weighted by molar-refractivity contribution is -0.195. The minimum Gasteiger partial charge on any atom is -0.463 e. The molecule has 1 N–H and O–H groups in total. The summed E-state index contributed by atoms with van der Waals surface area (Å²) in [6.45, 7) is -4.38. The van der Waals surface area contributed by atoms with Crippen LogP contribution in [0.2, 0.25) is 0 Å². The highest BCUT2D eigenvalue weighted by Gasteiger charge is 2.41. The molecule has 0 radical (unpaired) electrons. The van der Waals surface area contributed by atoms with E-state index in [0.717, 1.165) is 0 Å². The maximum atomic E-state index is 11.5. The first-order chi connectivity index (χ1) is 13.2. The van der Waals surface area contributed by atoms with E-state index < -0.39 is 82.5 Å². The Balaban J connectivity index is 5.77. The van der Waals surface area contributed by atoms with Crippen molar-refractivity contribution in [3.8, 4) is 0 Å². The molecule has 10 heteroatoms. The SMILES string of the molecule is [2H]CC(=O)OC[C@@H](O)[C@@H](OC(=O)C[2H])[C@H](OC(=O)C[2H])[C@@H](C=O)OC(=O)C[2H]. The minimum atomic E-state index is -1.95. The van der Waals surface area contributed by atoms with E-state index in [-0.39, 0.29) is 6.29 Å². The average molecular weight is 352 g/mol. The quantitative estimate of drug-likeness (QED) is 0.309. The predicted octanol–water partition coefficient (Wildman–Crippen LogP) is -1.10. The molecule has 0 saturated heterocycles. The zero-order valence-corrected chi connectivity index (χ0v) is 12.5. The van der Waals surface area contributed by atoms with E-state index in [1.807, 2.05) is 0 Å². The lowest BCUT2D eigenvalue weighted by Crippen LogP contribution is -2.52. The first kappa shape index (κ1) is 15.1. The molecule has 24 heavy (non-hydrogen) atoms. The zero-order valence-electron chi connectivity index (χ0n) is 16.5. The highest BCUT2D eigenvalue weighted by Crippen LogP contribution is 2.17. The van der Waals surface area contributed by atoms with Gasteiger partial charge < -0.3 is 24.1 Å². The summed E-state index contributed by atoms with van der Waals surface area (Å²) >= 11 is 0. The van der Waals surface area contributed by atoms with Gasteiger partial charge in [-0.15, -0.1) is 0 Å². The summed E-state index contributed by atoms with van der Waals surface area (Å²) < 4.78 is 46.4. The fourth-order valence-corrected chi connectivity index (χ4v) is 1.59. The van der Waals surface area contributed by atoms with Crippen LogP contribution in [0.3, 0.4) is 0 Å².